The Labute approximate surface area is 233 Å². The second kappa shape index (κ2) is 11.3. The largest absolute Gasteiger partial charge is 0.434 e. The van der Waals surface area contributed by atoms with E-state index in [0.717, 1.165) is 11.1 Å². The summed E-state index contributed by atoms with van der Waals surface area (Å²) in [4.78, 5) is 60.1. The molecule has 0 saturated heterocycles. The number of oxazole rings is 1. The Balaban J connectivity index is 1.46. The number of ketones is 1. The summed E-state index contributed by atoms with van der Waals surface area (Å²) in [7, 11) is 0. The molecular weight excluding hydrogens is 524 g/mol. The van der Waals surface area contributed by atoms with E-state index >= 15 is 0 Å². The number of aryl methyl sites for hydroxylation is 1. The summed E-state index contributed by atoms with van der Waals surface area (Å²) in [6.07, 6.45) is 1.39. The SMILES string of the molecule is Cc1cccc(-c2ncc(N)c(=O)n2CC(=O)NC(Cc2ccccc2)C(=O)c2nc3cc(C(N)=O)ccc3o2)c1. The molecule has 206 valence electrons. The Bertz CT molecular complexity index is 1840. The summed E-state index contributed by atoms with van der Waals surface area (Å²) in [5.74, 6) is -1.83. The van der Waals surface area contributed by atoms with Crippen molar-refractivity contribution in [3.63, 3.8) is 0 Å². The zero-order chi connectivity index (χ0) is 29.1. The fourth-order valence-corrected chi connectivity index (χ4v) is 4.45. The van der Waals surface area contributed by atoms with Crippen LogP contribution in [0.4, 0.5) is 5.69 Å². The van der Waals surface area contributed by atoms with E-state index in [1.165, 1.54) is 29.0 Å². The van der Waals surface area contributed by atoms with Crippen LogP contribution < -0.4 is 22.3 Å². The van der Waals surface area contributed by atoms with Gasteiger partial charge in [0, 0.05) is 17.5 Å². The molecule has 1 atom stereocenters. The van der Waals surface area contributed by atoms with Crippen molar-refractivity contribution in [2.45, 2.75) is 25.9 Å². The van der Waals surface area contributed by atoms with Crippen molar-refractivity contribution in [2.75, 3.05) is 5.73 Å². The summed E-state index contributed by atoms with van der Waals surface area (Å²) < 4.78 is 6.84. The quantitative estimate of drug-likeness (QED) is 0.235. The predicted molar refractivity (Wildman–Crippen MR) is 152 cm³/mol. The molecule has 0 aliphatic rings. The van der Waals surface area contributed by atoms with Gasteiger partial charge < -0.3 is 21.2 Å². The van der Waals surface area contributed by atoms with Gasteiger partial charge in [-0.1, -0.05) is 54.1 Å². The molecule has 2 amide bonds. The molecule has 11 heteroatoms. The number of fused-ring (bicyclic) bond motifs is 1. The number of rotatable bonds is 9. The molecule has 0 aliphatic heterocycles. The molecule has 0 radical (unpaired) electrons. The van der Waals surface area contributed by atoms with Gasteiger partial charge >= 0.3 is 0 Å². The highest BCUT2D eigenvalue weighted by Crippen LogP contribution is 2.20. The van der Waals surface area contributed by atoms with E-state index in [9.17, 15) is 19.2 Å². The van der Waals surface area contributed by atoms with Crippen molar-refractivity contribution in [2.24, 2.45) is 5.73 Å². The van der Waals surface area contributed by atoms with Crippen molar-refractivity contribution < 1.29 is 18.8 Å². The Morgan fingerprint density at radius 2 is 1.80 bits per heavy atom. The lowest BCUT2D eigenvalue weighted by Gasteiger charge is -2.18. The summed E-state index contributed by atoms with van der Waals surface area (Å²) in [5, 5.41) is 2.73. The number of amides is 2. The Kier molecular flexibility index (Phi) is 7.42. The van der Waals surface area contributed by atoms with E-state index < -0.39 is 35.7 Å². The number of nitrogens with one attached hydrogen (secondary N) is 1. The molecule has 0 bridgehead atoms. The van der Waals surface area contributed by atoms with Gasteiger partial charge in [0.15, 0.2) is 5.58 Å². The van der Waals surface area contributed by atoms with Crippen LogP contribution in [0.2, 0.25) is 0 Å². The molecule has 2 aromatic heterocycles. The smallest absolute Gasteiger partial charge is 0.277 e. The molecule has 11 nitrogen and oxygen atoms in total. The number of primary amides is 1. The van der Waals surface area contributed by atoms with E-state index in [1.54, 1.807) is 6.07 Å². The molecule has 41 heavy (non-hydrogen) atoms. The normalized spacial score (nSPS) is 11.7. The van der Waals surface area contributed by atoms with E-state index in [4.69, 9.17) is 15.9 Å². The number of aromatic nitrogens is 3. The maximum atomic E-state index is 13.6. The number of anilines is 1. The van der Waals surface area contributed by atoms with Gasteiger partial charge in [0.25, 0.3) is 11.4 Å². The van der Waals surface area contributed by atoms with Crippen LogP contribution in [0, 0.1) is 6.92 Å². The topological polar surface area (TPSA) is 176 Å². The van der Waals surface area contributed by atoms with Gasteiger partial charge in [0.1, 0.15) is 29.6 Å². The molecule has 5 N–H and O–H groups in total. The number of Topliss-reactive ketones (excluding diaryl/α,β-unsaturated/α-hetero) is 1. The molecular formula is C30H26N6O5. The van der Waals surface area contributed by atoms with E-state index in [2.05, 4.69) is 15.3 Å². The number of benzene rings is 3. The Morgan fingerprint density at radius 1 is 1.02 bits per heavy atom. The van der Waals surface area contributed by atoms with Crippen molar-refractivity contribution >= 4 is 34.4 Å². The third-order valence-electron chi connectivity index (χ3n) is 6.47. The number of nitrogen functional groups attached to an aromatic ring is 1. The van der Waals surface area contributed by atoms with Crippen molar-refractivity contribution in [3.8, 4) is 11.4 Å². The predicted octanol–water partition coefficient (Wildman–Crippen LogP) is 2.65. The monoisotopic (exact) mass is 550 g/mol. The van der Waals surface area contributed by atoms with E-state index in [0.29, 0.717) is 5.56 Å². The molecule has 3 aromatic carbocycles. The number of carbonyl (C=O) groups excluding carboxylic acids is 3. The molecule has 0 saturated carbocycles. The molecule has 5 rings (SSSR count). The molecule has 5 aromatic rings. The van der Waals surface area contributed by atoms with Crippen LogP contribution in [0.1, 0.15) is 32.2 Å². The maximum absolute atomic E-state index is 13.6. The van der Waals surface area contributed by atoms with Crippen LogP contribution in [0.15, 0.2) is 88.2 Å². The van der Waals surface area contributed by atoms with Crippen LogP contribution >= 0.6 is 0 Å². The van der Waals surface area contributed by atoms with Crippen LogP contribution in [0.5, 0.6) is 0 Å². The van der Waals surface area contributed by atoms with Crippen LogP contribution in [0.25, 0.3) is 22.5 Å². The highest BCUT2D eigenvalue weighted by Gasteiger charge is 2.28. The molecule has 1 unspecified atom stereocenters. The minimum absolute atomic E-state index is 0.118. The van der Waals surface area contributed by atoms with Gasteiger partial charge in [-0.3, -0.25) is 23.7 Å². The molecule has 2 heterocycles. The Hall–Kier alpha value is -5.58. The number of carbonyl (C=O) groups is 3. The van der Waals surface area contributed by atoms with Gasteiger partial charge in [0.05, 0.1) is 6.20 Å². The standard InChI is InChI=1S/C30H26N6O5/c1-17-6-5-9-20(12-17)28-33-15-21(31)30(40)36(28)16-25(37)34-23(13-18-7-3-2-4-8-18)26(38)29-35-22-14-19(27(32)39)10-11-24(22)41-29/h2-12,14-15,23H,13,16,31H2,1H3,(H2,32,39)(H,34,37). The van der Waals surface area contributed by atoms with Gasteiger partial charge in [-0.05, 0) is 36.8 Å². The first-order chi connectivity index (χ1) is 19.7. The molecule has 0 spiro atoms. The van der Waals surface area contributed by atoms with Crippen LogP contribution in [-0.4, -0.2) is 38.2 Å². The maximum Gasteiger partial charge on any atom is 0.277 e. The van der Waals surface area contributed by atoms with Gasteiger partial charge in [-0.2, -0.15) is 0 Å². The highest BCUT2D eigenvalue weighted by molar-refractivity contribution is 6.01. The lowest BCUT2D eigenvalue weighted by atomic mass is 10.0. The molecule has 0 aliphatic carbocycles. The first-order valence-electron chi connectivity index (χ1n) is 12.7. The number of nitrogens with two attached hydrogens (primary N) is 2. The number of nitrogens with zero attached hydrogens (tertiary/aromatic N) is 3. The average molecular weight is 551 g/mol. The fourth-order valence-electron chi connectivity index (χ4n) is 4.45. The lowest BCUT2D eigenvalue weighted by Crippen LogP contribution is -2.45. The lowest BCUT2D eigenvalue weighted by molar-refractivity contribution is -0.122. The third-order valence-corrected chi connectivity index (χ3v) is 6.47. The van der Waals surface area contributed by atoms with Gasteiger partial charge in [-0.15, -0.1) is 0 Å². The van der Waals surface area contributed by atoms with Crippen molar-refractivity contribution in [1.82, 2.24) is 19.9 Å². The third kappa shape index (κ3) is 5.88. The van der Waals surface area contributed by atoms with E-state index in [-0.39, 0.29) is 40.5 Å². The van der Waals surface area contributed by atoms with Crippen molar-refractivity contribution in [3.05, 3.63) is 112 Å². The highest BCUT2D eigenvalue weighted by atomic mass is 16.4. The minimum Gasteiger partial charge on any atom is -0.434 e. The first-order valence-corrected chi connectivity index (χ1v) is 12.7. The van der Waals surface area contributed by atoms with Gasteiger partial charge in [0.2, 0.25) is 17.6 Å². The average Bonchev–Trinajstić information content (AvgIpc) is 3.39. The summed E-state index contributed by atoms with van der Waals surface area (Å²) in [6, 6.07) is 19.7. The zero-order valence-electron chi connectivity index (χ0n) is 22.0. The van der Waals surface area contributed by atoms with Crippen LogP contribution in [0.3, 0.4) is 0 Å². The van der Waals surface area contributed by atoms with E-state index in [1.807, 2.05) is 55.5 Å². The van der Waals surface area contributed by atoms with Crippen LogP contribution in [-0.2, 0) is 17.8 Å². The number of hydrogen-bond donors (Lipinski definition) is 3. The summed E-state index contributed by atoms with van der Waals surface area (Å²) in [5.41, 5.74) is 13.6. The van der Waals surface area contributed by atoms with Gasteiger partial charge in [-0.25, -0.2) is 9.97 Å². The Morgan fingerprint density at radius 3 is 2.54 bits per heavy atom. The second-order valence-electron chi connectivity index (χ2n) is 9.54. The second-order valence-corrected chi connectivity index (χ2v) is 9.54. The zero-order valence-corrected chi connectivity index (χ0v) is 22.0. The minimum atomic E-state index is -1.08. The van der Waals surface area contributed by atoms with Crippen molar-refractivity contribution in [1.29, 1.82) is 0 Å². The molecule has 0 fully saturated rings. The summed E-state index contributed by atoms with van der Waals surface area (Å²) >= 11 is 0. The fraction of sp³-hybridized carbons (Fsp3) is 0.133. The summed E-state index contributed by atoms with van der Waals surface area (Å²) in [6.45, 7) is 1.46. The first kappa shape index (κ1) is 27.0. The number of hydrogen-bond acceptors (Lipinski definition) is 8.